The highest BCUT2D eigenvalue weighted by molar-refractivity contribution is 6.07. The van der Waals surface area contributed by atoms with Crippen LogP contribution in [0.3, 0.4) is 0 Å². The van der Waals surface area contributed by atoms with Crippen molar-refractivity contribution < 1.29 is 9.32 Å². The molecule has 170 valence electrons. The minimum atomic E-state index is 0.0349. The molecule has 4 heterocycles. The van der Waals surface area contributed by atoms with Crippen LogP contribution in [0.2, 0.25) is 0 Å². The molecule has 5 rings (SSSR count). The molecule has 8 nitrogen and oxygen atoms in total. The molecule has 33 heavy (non-hydrogen) atoms. The Kier molecular flexibility index (Phi) is 5.46. The highest BCUT2D eigenvalue weighted by atomic mass is 16.5. The van der Waals surface area contributed by atoms with Gasteiger partial charge in [-0.15, -0.1) is 0 Å². The average molecular weight is 445 g/mol. The molecule has 8 heteroatoms. The van der Waals surface area contributed by atoms with Crippen molar-refractivity contribution in [3.8, 4) is 11.3 Å². The normalized spacial score (nSPS) is 14.8. The van der Waals surface area contributed by atoms with Gasteiger partial charge in [0.15, 0.2) is 5.65 Å². The van der Waals surface area contributed by atoms with E-state index >= 15 is 0 Å². The second-order valence-corrected chi connectivity index (χ2v) is 8.70. The summed E-state index contributed by atoms with van der Waals surface area (Å²) < 4.78 is 7.06. The Hall–Kier alpha value is -3.52. The number of carbonyl (C=O) groups excluding carboxylic acids is 1. The van der Waals surface area contributed by atoms with Crippen molar-refractivity contribution in [2.45, 2.75) is 27.3 Å². The van der Waals surface area contributed by atoms with E-state index in [9.17, 15) is 4.79 Å². The van der Waals surface area contributed by atoms with Crippen LogP contribution in [0.15, 0.2) is 40.9 Å². The van der Waals surface area contributed by atoms with Crippen LogP contribution < -0.4 is 0 Å². The molecule has 1 saturated heterocycles. The van der Waals surface area contributed by atoms with E-state index in [2.05, 4.69) is 15.2 Å². The van der Waals surface area contributed by atoms with Gasteiger partial charge in [-0.05, 0) is 26.8 Å². The van der Waals surface area contributed by atoms with Crippen molar-refractivity contribution in [3.63, 3.8) is 0 Å². The molecule has 0 saturated carbocycles. The highest BCUT2D eigenvalue weighted by Gasteiger charge is 2.27. The molecule has 0 radical (unpaired) electrons. The van der Waals surface area contributed by atoms with Gasteiger partial charge in [-0.25, -0.2) is 4.98 Å². The predicted molar refractivity (Wildman–Crippen MR) is 126 cm³/mol. The summed E-state index contributed by atoms with van der Waals surface area (Å²) in [5.74, 6) is 0.901. The van der Waals surface area contributed by atoms with E-state index in [4.69, 9.17) is 9.51 Å². The first kappa shape index (κ1) is 21.3. The van der Waals surface area contributed by atoms with Gasteiger partial charge >= 0.3 is 0 Å². The Morgan fingerprint density at radius 3 is 2.42 bits per heavy atom. The monoisotopic (exact) mass is 444 g/mol. The van der Waals surface area contributed by atoms with E-state index in [1.165, 1.54) is 0 Å². The summed E-state index contributed by atoms with van der Waals surface area (Å²) in [7, 11) is 1.87. The second kappa shape index (κ2) is 8.44. The molecule has 0 aliphatic carbocycles. The zero-order chi connectivity index (χ0) is 23.1. The van der Waals surface area contributed by atoms with Crippen molar-refractivity contribution in [1.82, 2.24) is 29.7 Å². The Balaban J connectivity index is 1.42. The molecule has 0 unspecified atom stereocenters. The van der Waals surface area contributed by atoms with Crippen LogP contribution in [0, 0.1) is 20.8 Å². The van der Waals surface area contributed by atoms with Gasteiger partial charge in [-0.2, -0.15) is 5.10 Å². The van der Waals surface area contributed by atoms with E-state index < -0.39 is 0 Å². The zero-order valence-electron chi connectivity index (χ0n) is 19.5. The molecule has 1 fully saturated rings. The third-order valence-corrected chi connectivity index (χ3v) is 6.49. The number of hydrogen-bond acceptors (Lipinski definition) is 6. The van der Waals surface area contributed by atoms with Crippen molar-refractivity contribution >= 4 is 16.9 Å². The third-order valence-electron chi connectivity index (χ3n) is 6.49. The SMILES string of the molecule is Cc1noc(C)c1CN1CCN(C(=O)c2cc(-c3ccccc3)nc3c2c(C)nn3C)CC1. The average Bonchev–Trinajstić information content (AvgIpc) is 3.31. The number of amides is 1. The summed E-state index contributed by atoms with van der Waals surface area (Å²) in [4.78, 5) is 22.8. The molecule has 1 aliphatic rings. The standard InChI is InChI=1S/C25H28N6O2/c1-16-21(18(3)33-28-16)15-30-10-12-31(13-11-30)25(32)20-14-22(19-8-6-5-7-9-19)26-24-23(20)17(2)27-29(24)4/h5-9,14H,10-13,15H2,1-4H3. The third kappa shape index (κ3) is 3.91. The van der Waals surface area contributed by atoms with Crippen LogP contribution in [-0.2, 0) is 13.6 Å². The molecule has 1 aromatic carbocycles. The first-order valence-corrected chi connectivity index (χ1v) is 11.3. The maximum absolute atomic E-state index is 13.7. The molecule has 0 atom stereocenters. The number of aryl methyl sites for hydroxylation is 4. The number of piperazine rings is 1. The minimum absolute atomic E-state index is 0.0349. The van der Waals surface area contributed by atoms with Gasteiger partial charge in [-0.3, -0.25) is 14.4 Å². The lowest BCUT2D eigenvalue weighted by Crippen LogP contribution is -2.48. The van der Waals surface area contributed by atoms with Gasteiger partial charge in [0.1, 0.15) is 5.76 Å². The largest absolute Gasteiger partial charge is 0.361 e. The lowest BCUT2D eigenvalue weighted by atomic mass is 10.0. The summed E-state index contributed by atoms with van der Waals surface area (Å²) >= 11 is 0. The smallest absolute Gasteiger partial charge is 0.254 e. The lowest BCUT2D eigenvalue weighted by molar-refractivity contribution is 0.0629. The van der Waals surface area contributed by atoms with Gasteiger partial charge in [0.05, 0.1) is 28.0 Å². The van der Waals surface area contributed by atoms with E-state index in [1.54, 1.807) is 4.68 Å². The minimum Gasteiger partial charge on any atom is -0.361 e. The molecule has 0 spiro atoms. The fourth-order valence-electron chi connectivity index (χ4n) is 4.60. The molecule has 1 aliphatic heterocycles. The fourth-order valence-corrected chi connectivity index (χ4v) is 4.60. The van der Waals surface area contributed by atoms with Crippen LogP contribution in [0.1, 0.15) is 33.1 Å². The summed E-state index contributed by atoms with van der Waals surface area (Å²) in [5, 5.41) is 9.43. The molecular formula is C25H28N6O2. The van der Waals surface area contributed by atoms with E-state index in [-0.39, 0.29) is 5.91 Å². The first-order valence-electron chi connectivity index (χ1n) is 11.3. The maximum atomic E-state index is 13.7. The zero-order valence-corrected chi connectivity index (χ0v) is 19.5. The van der Waals surface area contributed by atoms with E-state index in [0.29, 0.717) is 18.7 Å². The second-order valence-electron chi connectivity index (χ2n) is 8.70. The predicted octanol–water partition coefficient (Wildman–Crippen LogP) is 3.51. The fraction of sp³-hybridized carbons (Fsp3) is 0.360. The molecular weight excluding hydrogens is 416 g/mol. The molecule has 0 N–H and O–H groups in total. The number of fused-ring (bicyclic) bond motifs is 1. The Morgan fingerprint density at radius 2 is 1.76 bits per heavy atom. The number of rotatable bonds is 4. The van der Waals surface area contributed by atoms with Gasteiger partial charge < -0.3 is 9.42 Å². The van der Waals surface area contributed by atoms with E-state index in [0.717, 1.165) is 64.6 Å². The molecule has 3 aromatic heterocycles. The van der Waals surface area contributed by atoms with Crippen LogP contribution >= 0.6 is 0 Å². The molecule has 0 bridgehead atoms. The van der Waals surface area contributed by atoms with Gasteiger partial charge in [-0.1, -0.05) is 35.5 Å². The Morgan fingerprint density at radius 1 is 1.03 bits per heavy atom. The van der Waals surface area contributed by atoms with Crippen molar-refractivity contribution in [1.29, 1.82) is 0 Å². The van der Waals surface area contributed by atoms with E-state index in [1.807, 2.05) is 69.1 Å². The highest BCUT2D eigenvalue weighted by Crippen LogP contribution is 2.28. The van der Waals surface area contributed by atoms with Crippen LogP contribution in [0.25, 0.3) is 22.3 Å². The van der Waals surface area contributed by atoms with Crippen molar-refractivity contribution in [2.24, 2.45) is 7.05 Å². The van der Waals surface area contributed by atoms with Crippen LogP contribution in [0.4, 0.5) is 0 Å². The van der Waals surface area contributed by atoms with Crippen LogP contribution in [0.5, 0.6) is 0 Å². The summed E-state index contributed by atoms with van der Waals surface area (Å²) in [6.07, 6.45) is 0. The van der Waals surface area contributed by atoms with Gasteiger partial charge in [0.25, 0.3) is 5.91 Å². The number of carbonyl (C=O) groups is 1. The number of hydrogen-bond donors (Lipinski definition) is 0. The summed E-state index contributed by atoms with van der Waals surface area (Å²) in [6.45, 7) is 9.61. The first-order chi connectivity index (χ1) is 15.9. The molecule has 4 aromatic rings. The topological polar surface area (TPSA) is 80.3 Å². The van der Waals surface area contributed by atoms with Crippen molar-refractivity contribution in [2.75, 3.05) is 26.2 Å². The van der Waals surface area contributed by atoms with Gasteiger partial charge in [0.2, 0.25) is 0 Å². The lowest BCUT2D eigenvalue weighted by Gasteiger charge is -2.34. The summed E-state index contributed by atoms with van der Waals surface area (Å²) in [5.41, 5.74) is 6.07. The molecule has 1 amide bonds. The number of benzene rings is 1. The van der Waals surface area contributed by atoms with Gasteiger partial charge in [0, 0.05) is 50.9 Å². The quantitative estimate of drug-likeness (QED) is 0.479. The Labute approximate surface area is 192 Å². The van der Waals surface area contributed by atoms with Crippen LogP contribution in [-0.4, -0.2) is 61.8 Å². The number of aromatic nitrogens is 4. The number of nitrogens with zero attached hydrogens (tertiary/aromatic N) is 6. The summed E-state index contributed by atoms with van der Waals surface area (Å²) in [6, 6.07) is 11.9. The number of pyridine rings is 1. The Bertz CT molecular complexity index is 1300. The van der Waals surface area contributed by atoms with Crippen molar-refractivity contribution in [3.05, 3.63) is 64.7 Å². The maximum Gasteiger partial charge on any atom is 0.254 e.